The Morgan fingerprint density at radius 2 is 1.73 bits per heavy atom. The van der Waals surface area contributed by atoms with E-state index in [1.54, 1.807) is 0 Å². The van der Waals surface area contributed by atoms with Gasteiger partial charge in [0.05, 0.1) is 6.61 Å². The van der Waals surface area contributed by atoms with Crippen molar-refractivity contribution in [1.82, 2.24) is 0 Å². The molecule has 0 spiro atoms. The molecule has 90 valence electrons. The molecular weight excluding hydrogens is 220 g/mol. The molecule has 1 rings (SSSR count). The van der Waals surface area contributed by atoms with Crippen molar-refractivity contribution in [2.24, 2.45) is 0 Å². The normalized spacial score (nSPS) is 42.2. The first-order valence-electron chi connectivity index (χ1n) is 4.93. The summed E-state index contributed by atoms with van der Waals surface area (Å²) in [5.41, 5.74) is -0.611. The van der Waals surface area contributed by atoms with Gasteiger partial charge in [-0.25, -0.2) is 0 Å². The Bertz CT molecular complexity index is 199. The first-order valence-corrected chi connectivity index (χ1v) is 5.87. The van der Waals surface area contributed by atoms with Crippen LogP contribution < -0.4 is 0 Å². The van der Waals surface area contributed by atoms with E-state index in [1.807, 2.05) is 13.8 Å². The lowest BCUT2D eigenvalue weighted by Gasteiger charge is -2.40. The number of thioether (sulfide) groups is 1. The molecule has 1 heterocycles. The van der Waals surface area contributed by atoms with Crippen molar-refractivity contribution in [2.45, 2.75) is 48.9 Å². The molecule has 1 fully saturated rings. The number of hydrogen-bond acceptors (Lipinski definition) is 6. The number of aliphatic hydroxyl groups excluding tert-OH is 4. The van der Waals surface area contributed by atoms with E-state index in [-0.39, 0.29) is 11.9 Å². The molecule has 5 atom stereocenters. The van der Waals surface area contributed by atoms with Crippen molar-refractivity contribution in [2.75, 3.05) is 6.61 Å². The summed E-state index contributed by atoms with van der Waals surface area (Å²) >= 11 is 1.35. The Hall–Kier alpha value is 0.150. The molecule has 5 nitrogen and oxygen atoms in total. The fourth-order valence-electron chi connectivity index (χ4n) is 1.45. The lowest BCUT2D eigenvalue weighted by atomic mass is 10.0. The van der Waals surface area contributed by atoms with Crippen molar-refractivity contribution in [3.8, 4) is 0 Å². The summed E-state index contributed by atoms with van der Waals surface area (Å²) in [4.78, 5) is 0. The fourth-order valence-corrected chi connectivity index (χ4v) is 2.51. The molecule has 2 unspecified atom stereocenters. The minimum absolute atomic E-state index is 0.228. The van der Waals surface area contributed by atoms with Crippen molar-refractivity contribution in [3.05, 3.63) is 0 Å². The number of aliphatic hydroxyl groups is 4. The second kappa shape index (κ2) is 5.47. The molecule has 0 radical (unpaired) electrons. The minimum atomic E-state index is -1.27. The van der Waals surface area contributed by atoms with Crippen LogP contribution in [0.2, 0.25) is 0 Å². The summed E-state index contributed by atoms with van der Waals surface area (Å²) in [6, 6.07) is 0. The van der Waals surface area contributed by atoms with Gasteiger partial charge in [0.25, 0.3) is 0 Å². The van der Waals surface area contributed by atoms with Crippen LogP contribution in [0.4, 0.5) is 0 Å². The summed E-state index contributed by atoms with van der Waals surface area (Å²) in [7, 11) is 0. The molecular formula is C9H18O5S. The highest BCUT2D eigenvalue weighted by atomic mass is 32.2. The number of hydrogen-bond donors (Lipinski definition) is 4. The van der Waals surface area contributed by atoms with Gasteiger partial charge in [-0.1, -0.05) is 13.8 Å². The highest BCUT2D eigenvalue weighted by Crippen LogP contribution is 2.30. The topological polar surface area (TPSA) is 90.2 Å². The van der Waals surface area contributed by atoms with Crippen LogP contribution in [0.1, 0.15) is 13.8 Å². The zero-order valence-corrected chi connectivity index (χ0v) is 9.59. The van der Waals surface area contributed by atoms with Gasteiger partial charge in [-0.15, -0.1) is 11.8 Å². The molecule has 0 aromatic heterocycles. The van der Waals surface area contributed by atoms with Crippen LogP contribution in [0, 0.1) is 0 Å². The average Bonchev–Trinajstić information content (AvgIpc) is 2.18. The summed E-state index contributed by atoms with van der Waals surface area (Å²) < 4.78 is 5.29. The van der Waals surface area contributed by atoms with Crippen molar-refractivity contribution < 1.29 is 25.2 Å². The highest BCUT2D eigenvalue weighted by molar-refractivity contribution is 8.00. The van der Waals surface area contributed by atoms with Crippen LogP contribution in [0.25, 0.3) is 0 Å². The molecule has 1 aliphatic rings. The smallest absolute Gasteiger partial charge is 0.132 e. The van der Waals surface area contributed by atoms with Crippen LogP contribution in [-0.4, -0.2) is 62.1 Å². The van der Waals surface area contributed by atoms with Gasteiger partial charge >= 0.3 is 0 Å². The summed E-state index contributed by atoms with van der Waals surface area (Å²) in [6.07, 6.45) is -4.48. The molecule has 1 saturated heterocycles. The van der Waals surface area contributed by atoms with E-state index in [1.165, 1.54) is 11.8 Å². The van der Waals surface area contributed by atoms with E-state index in [0.717, 1.165) is 0 Å². The third-order valence-corrected chi connectivity index (χ3v) is 3.46. The molecule has 0 amide bonds. The van der Waals surface area contributed by atoms with E-state index in [0.29, 0.717) is 0 Å². The molecule has 0 saturated carbocycles. The van der Waals surface area contributed by atoms with Gasteiger partial charge in [0, 0.05) is 5.25 Å². The fraction of sp³-hybridized carbons (Fsp3) is 1.00. The maximum Gasteiger partial charge on any atom is 0.132 e. The average molecular weight is 238 g/mol. The van der Waals surface area contributed by atoms with Crippen molar-refractivity contribution >= 4 is 11.8 Å². The van der Waals surface area contributed by atoms with Gasteiger partial charge in [-0.3, -0.25) is 0 Å². The Kier molecular flexibility index (Phi) is 4.82. The van der Waals surface area contributed by atoms with Gasteiger partial charge in [-0.2, -0.15) is 0 Å². The van der Waals surface area contributed by atoms with E-state index in [4.69, 9.17) is 9.84 Å². The standard InChI is InChI=1S/C9H18O5S/c1-4(2)15-9-8(13)7(12)6(11)5(3-10)14-9/h4-13H,3H2,1-2H3/t5?,6-,7-,8?,9-/m0/s1. The molecule has 0 bridgehead atoms. The summed E-state index contributed by atoms with van der Waals surface area (Å²) in [5, 5.41) is 37.8. The van der Waals surface area contributed by atoms with Gasteiger partial charge in [0.1, 0.15) is 29.9 Å². The minimum Gasteiger partial charge on any atom is -0.394 e. The van der Waals surface area contributed by atoms with Crippen molar-refractivity contribution in [1.29, 1.82) is 0 Å². The number of ether oxygens (including phenoxy) is 1. The number of rotatable bonds is 3. The zero-order chi connectivity index (χ0) is 11.6. The Balaban J connectivity index is 2.65. The summed E-state index contributed by atoms with van der Waals surface area (Å²) in [5.74, 6) is 0. The largest absolute Gasteiger partial charge is 0.394 e. The molecule has 4 N–H and O–H groups in total. The summed E-state index contributed by atoms with van der Waals surface area (Å²) in [6.45, 7) is 3.50. The first-order chi connectivity index (χ1) is 6.97. The van der Waals surface area contributed by atoms with E-state index < -0.39 is 29.9 Å². The maximum atomic E-state index is 9.63. The molecule has 0 aromatic carbocycles. The molecule has 1 aliphatic heterocycles. The quantitative estimate of drug-likeness (QED) is 0.500. The molecule has 6 heteroatoms. The van der Waals surface area contributed by atoms with Crippen LogP contribution >= 0.6 is 11.8 Å². The van der Waals surface area contributed by atoms with Gasteiger partial charge in [-0.05, 0) is 0 Å². The maximum absolute atomic E-state index is 9.63. The monoisotopic (exact) mass is 238 g/mol. The molecule has 0 aliphatic carbocycles. The van der Waals surface area contributed by atoms with Crippen molar-refractivity contribution in [3.63, 3.8) is 0 Å². The second-order valence-corrected chi connectivity index (χ2v) is 5.56. The van der Waals surface area contributed by atoms with Crippen LogP contribution in [0.3, 0.4) is 0 Å². The SMILES string of the molecule is CC(C)S[C@@H]1OC(CO)[C@H](O)[C@H](O)C1O. The third-order valence-electron chi connectivity index (χ3n) is 2.25. The predicted octanol–water partition coefficient (Wildman–Crippen LogP) is -1.07. The Labute approximate surface area is 93.1 Å². The lowest BCUT2D eigenvalue weighted by molar-refractivity contribution is -0.205. The highest BCUT2D eigenvalue weighted by Gasteiger charge is 2.43. The Morgan fingerprint density at radius 1 is 1.13 bits per heavy atom. The second-order valence-electron chi connectivity index (χ2n) is 3.88. The third kappa shape index (κ3) is 3.05. The van der Waals surface area contributed by atoms with Crippen LogP contribution in [-0.2, 0) is 4.74 Å². The first kappa shape index (κ1) is 13.2. The lowest BCUT2D eigenvalue weighted by Crippen LogP contribution is -2.57. The zero-order valence-electron chi connectivity index (χ0n) is 8.78. The molecule has 15 heavy (non-hydrogen) atoms. The van der Waals surface area contributed by atoms with E-state index in [2.05, 4.69) is 0 Å². The van der Waals surface area contributed by atoms with E-state index in [9.17, 15) is 15.3 Å². The predicted molar refractivity (Wildman–Crippen MR) is 56.5 cm³/mol. The Morgan fingerprint density at radius 3 is 2.20 bits per heavy atom. The van der Waals surface area contributed by atoms with Gasteiger partial charge < -0.3 is 25.2 Å². The van der Waals surface area contributed by atoms with Crippen LogP contribution in [0.15, 0.2) is 0 Å². The van der Waals surface area contributed by atoms with Gasteiger partial charge in [0.2, 0.25) is 0 Å². The van der Waals surface area contributed by atoms with Crippen LogP contribution in [0.5, 0.6) is 0 Å². The molecule has 0 aromatic rings. The van der Waals surface area contributed by atoms with Gasteiger partial charge in [0.15, 0.2) is 0 Å². The van der Waals surface area contributed by atoms with E-state index >= 15 is 0 Å².